The lowest BCUT2D eigenvalue weighted by molar-refractivity contribution is 0.258. The molecule has 1 aliphatic rings. The third-order valence-corrected chi connectivity index (χ3v) is 6.93. The van der Waals surface area contributed by atoms with Gasteiger partial charge in [-0.2, -0.15) is 0 Å². The van der Waals surface area contributed by atoms with Gasteiger partial charge in [0.05, 0.1) is 4.83 Å². The number of rotatable bonds is 5. The standard InChI is InChI=1S/C16H25BrS/c1-3-4-5-13-7-9-14(10-8-13)16(17)15-11-6-12(2)18-15/h6,11,13-14,16H,3-5,7-10H2,1-2H3. The molecular formula is C16H25BrS. The third-order valence-electron chi connectivity index (χ3n) is 4.30. The Morgan fingerprint density at radius 3 is 2.56 bits per heavy atom. The Morgan fingerprint density at radius 2 is 2.00 bits per heavy atom. The van der Waals surface area contributed by atoms with Crippen molar-refractivity contribution in [1.29, 1.82) is 0 Å². The molecule has 0 radical (unpaired) electrons. The van der Waals surface area contributed by atoms with Crippen molar-refractivity contribution in [2.24, 2.45) is 11.8 Å². The molecule has 0 amide bonds. The monoisotopic (exact) mass is 328 g/mol. The van der Waals surface area contributed by atoms with Gasteiger partial charge in [-0.15, -0.1) is 11.3 Å². The molecule has 18 heavy (non-hydrogen) atoms. The SMILES string of the molecule is CCCCC1CCC(C(Br)c2ccc(C)s2)CC1. The van der Waals surface area contributed by atoms with Crippen molar-refractivity contribution in [3.8, 4) is 0 Å². The van der Waals surface area contributed by atoms with Crippen LogP contribution in [0.3, 0.4) is 0 Å². The molecule has 1 heterocycles. The summed E-state index contributed by atoms with van der Waals surface area (Å²) in [6.07, 6.45) is 10.00. The summed E-state index contributed by atoms with van der Waals surface area (Å²) in [7, 11) is 0. The Hall–Kier alpha value is 0.180. The Labute approximate surface area is 124 Å². The van der Waals surface area contributed by atoms with Gasteiger partial charge in [0.2, 0.25) is 0 Å². The molecule has 2 heteroatoms. The minimum atomic E-state index is 0.600. The van der Waals surface area contributed by atoms with Crippen molar-refractivity contribution in [2.75, 3.05) is 0 Å². The summed E-state index contributed by atoms with van der Waals surface area (Å²) in [5.41, 5.74) is 0. The van der Waals surface area contributed by atoms with E-state index in [9.17, 15) is 0 Å². The summed E-state index contributed by atoms with van der Waals surface area (Å²) >= 11 is 5.90. The number of unbranched alkanes of at least 4 members (excludes halogenated alkanes) is 1. The van der Waals surface area contributed by atoms with Crippen molar-refractivity contribution in [2.45, 2.75) is 63.6 Å². The Bertz CT molecular complexity index is 350. The third kappa shape index (κ3) is 3.84. The highest BCUT2D eigenvalue weighted by Crippen LogP contribution is 2.44. The normalized spacial score (nSPS) is 26.2. The van der Waals surface area contributed by atoms with Crippen LogP contribution in [0.2, 0.25) is 0 Å². The van der Waals surface area contributed by atoms with E-state index in [1.165, 1.54) is 54.7 Å². The quantitative estimate of drug-likeness (QED) is 0.542. The highest BCUT2D eigenvalue weighted by Gasteiger charge is 2.27. The van der Waals surface area contributed by atoms with E-state index in [-0.39, 0.29) is 0 Å². The molecule has 0 spiro atoms. The van der Waals surface area contributed by atoms with E-state index in [1.807, 2.05) is 11.3 Å². The van der Waals surface area contributed by atoms with Gasteiger partial charge in [-0.1, -0.05) is 55.0 Å². The first kappa shape index (κ1) is 14.6. The van der Waals surface area contributed by atoms with Crippen LogP contribution in [0.15, 0.2) is 12.1 Å². The van der Waals surface area contributed by atoms with Crippen molar-refractivity contribution in [1.82, 2.24) is 0 Å². The van der Waals surface area contributed by atoms with Crippen LogP contribution in [0.1, 0.15) is 66.5 Å². The lowest BCUT2D eigenvalue weighted by Crippen LogP contribution is -2.17. The molecule has 1 saturated carbocycles. The van der Waals surface area contributed by atoms with Crippen LogP contribution in [0.5, 0.6) is 0 Å². The maximum atomic E-state index is 3.94. The molecule has 0 aromatic carbocycles. The lowest BCUT2D eigenvalue weighted by atomic mass is 9.78. The van der Waals surface area contributed by atoms with Gasteiger partial charge in [0.25, 0.3) is 0 Å². The minimum Gasteiger partial charge on any atom is -0.145 e. The molecule has 0 N–H and O–H groups in total. The van der Waals surface area contributed by atoms with Gasteiger partial charge in [-0.3, -0.25) is 0 Å². The molecule has 1 aromatic heterocycles. The number of thiophene rings is 1. The molecule has 1 aromatic rings. The predicted octanol–water partition coefficient (Wildman–Crippen LogP) is 6.49. The summed E-state index contributed by atoms with van der Waals surface area (Å²) < 4.78 is 0. The van der Waals surface area contributed by atoms with Crippen LogP contribution in [-0.4, -0.2) is 0 Å². The predicted molar refractivity (Wildman–Crippen MR) is 85.7 cm³/mol. The lowest BCUT2D eigenvalue weighted by Gasteiger charge is -2.31. The fourth-order valence-electron chi connectivity index (χ4n) is 3.10. The van der Waals surface area contributed by atoms with E-state index < -0.39 is 0 Å². The van der Waals surface area contributed by atoms with Crippen LogP contribution >= 0.6 is 27.3 Å². The van der Waals surface area contributed by atoms with Gasteiger partial charge in [-0.25, -0.2) is 0 Å². The first-order valence-corrected chi connectivity index (χ1v) is 9.14. The Morgan fingerprint density at radius 1 is 1.28 bits per heavy atom. The van der Waals surface area contributed by atoms with Gasteiger partial charge in [-0.05, 0) is 43.7 Å². The topological polar surface area (TPSA) is 0 Å². The number of halogens is 1. The largest absolute Gasteiger partial charge is 0.145 e. The molecule has 0 aliphatic heterocycles. The Balaban J connectivity index is 1.82. The van der Waals surface area contributed by atoms with E-state index >= 15 is 0 Å². The van der Waals surface area contributed by atoms with Gasteiger partial charge < -0.3 is 0 Å². The maximum absolute atomic E-state index is 3.94. The molecule has 1 aliphatic carbocycles. The van der Waals surface area contributed by atoms with Crippen LogP contribution in [0.25, 0.3) is 0 Å². The van der Waals surface area contributed by atoms with Gasteiger partial charge in [0.15, 0.2) is 0 Å². The average molecular weight is 329 g/mol. The minimum absolute atomic E-state index is 0.600. The summed E-state index contributed by atoms with van der Waals surface area (Å²) in [4.78, 5) is 3.57. The molecule has 1 unspecified atom stereocenters. The van der Waals surface area contributed by atoms with Gasteiger partial charge in [0.1, 0.15) is 0 Å². The van der Waals surface area contributed by atoms with Crippen LogP contribution in [0, 0.1) is 18.8 Å². The van der Waals surface area contributed by atoms with Gasteiger partial charge >= 0.3 is 0 Å². The fourth-order valence-corrected chi connectivity index (χ4v) is 5.01. The zero-order chi connectivity index (χ0) is 13.0. The van der Waals surface area contributed by atoms with Crippen molar-refractivity contribution < 1.29 is 0 Å². The van der Waals surface area contributed by atoms with Crippen molar-refractivity contribution in [3.05, 3.63) is 21.9 Å². The highest BCUT2D eigenvalue weighted by atomic mass is 79.9. The first-order chi connectivity index (χ1) is 8.70. The average Bonchev–Trinajstić information content (AvgIpc) is 2.83. The molecule has 2 rings (SSSR count). The summed E-state index contributed by atoms with van der Waals surface area (Å²) in [6.45, 7) is 4.51. The number of aryl methyl sites for hydroxylation is 1. The van der Waals surface area contributed by atoms with Gasteiger partial charge in [0, 0.05) is 9.75 Å². The molecule has 0 saturated heterocycles. The highest BCUT2D eigenvalue weighted by molar-refractivity contribution is 9.09. The summed E-state index contributed by atoms with van der Waals surface area (Å²) in [5, 5.41) is 0. The first-order valence-electron chi connectivity index (χ1n) is 7.41. The second kappa shape index (κ2) is 7.09. The molecule has 1 atom stereocenters. The fraction of sp³-hybridized carbons (Fsp3) is 0.750. The smallest absolute Gasteiger partial charge is 0.0517 e. The zero-order valence-corrected chi connectivity index (χ0v) is 14.0. The Kier molecular flexibility index (Phi) is 5.75. The van der Waals surface area contributed by atoms with E-state index in [1.54, 1.807) is 0 Å². The number of hydrogen-bond acceptors (Lipinski definition) is 1. The molecule has 0 bridgehead atoms. The second-order valence-electron chi connectivity index (χ2n) is 5.77. The maximum Gasteiger partial charge on any atom is 0.0517 e. The number of hydrogen-bond donors (Lipinski definition) is 0. The van der Waals surface area contributed by atoms with Crippen LogP contribution in [0.4, 0.5) is 0 Å². The molecular weight excluding hydrogens is 304 g/mol. The molecule has 1 fully saturated rings. The summed E-state index contributed by atoms with van der Waals surface area (Å²) in [5.74, 6) is 1.88. The van der Waals surface area contributed by atoms with E-state index in [0.717, 1.165) is 11.8 Å². The number of alkyl halides is 1. The van der Waals surface area contributed by atoms with Crippen LogP contribution in [-0.2, 0) is 0 Å². The van der Waals surface area contributed by atoms with E-state index in [4.69, 9.17) is 0 Å². The van der Waals surface area contributed by atoms with Crippen LogP contribution < -0.4 is 0 Å². The van der Waals surface area contributed by atoms with Crippen molar-refractivity contribution >= 4 is 27.3 Å². The summed E-state index contributed by atoms with van der Waals surface area (Å²) in [6, 6.07) is 4.56. The van der Waals surface area contributed by atoms with E-state index in [2.05, 4.69) is 41.9 Å². The molecule has 0 nitrogen and oxygen atoms in total. The zero-order valence-electron chi connectivity index (χ0n) is 11.6. The van der Waals surface area contributed by atoms with E-state index in [0.29, 0.717) is 4.83 Å². The molecule has 102 valence electrons. The van der Waals surface area contributed by atoms with Crippen molar-refractivity contribution in [3.63, 3.8) is 0 Å². The second-order valence-corrected chi connectivity index (χ2v) is 8.08.